The number of carbonyl (C=O) groups excluding carboxylic acids is 1. The van der Waals surface area contributed by atoms with Gasteiger partial charge in [0.1, 0.15) is 22.8 Å². The van der Waals surface area contributed by atoms with Gasteiger partial charge in [-0.15, -0.1) is 0 Å². The molecule has 29 heavy (non-hydrogen) atoms. The van der Waals surface area contributed by atoms with E-state index in [1.54, 1.807) is 58.0 Å². The highest BCUT2D eigenvalue weighted by Gasteiger charge is 2.24. The third kappa shape index (κ3) is 4.40. The summed E-state index contributed by atoms with van der Waals surface area (Å²) in [6, 6.07) is 10.5. The summed E-state index contributed by atoms with van der Waals surface area (Å²) in [7, 11) is 0. The zero-order chi connectivity index (χ0) is 21.3. The van der Waals surface area contributed by atoms with Crippen LogP contribution in [0.2, 0.25) is 5.02 Å². The Morgan fingerprint density at radius 3 is 2.48 bits per heavy atom. The second-order valence-electron chi connectivity index (χ2n) is 7.57. The summed E-state index contributed by atoms with van der Waals surface area (Å²) >= 11 is 6.17. The van der Waals surface area contributed by atoms with Gasteiger partial charge in [0.15, 0.2) is 0 Å². The Hall–Kier alpha value is -2.93. The van der Waals surface area contributed by atoms with E-state index in [0.717, 1.165) is 6.07 Å². The topological polar surface area (TPSA) is 73.2 Å². The average Bonchev–Trinajstić information content (AvgIpc) is 2.63. The number of hydrogen-bond acceptors (Lipinski definition) is 4. The largest absolute Gasteiger partial charge is 0.444 e. The number of amides is 1. The molecule has 0 radical (unpaired) electrons. The fourth-order valence-corrected chi connectivity index (χ4v) is 3.13. The molecule has 1 unspecified atom stereocenters. The zero-order valence-electron chi connectivity index (χ0n) is 16.5. The van der Waals surface area contributed by atoms with E-state index in [-0.39, 0.29) is 21.7 Å². The first-order valence-corrected chi connectivity index (χ1v) is 9.42. The first kappa shape index (κ1) is 20.8. The molecule has 0 aliphatic heterocycles. The van der Waals surface area contributed by atoms with Crippen LogP contribution in [0.15, 0.2) is 47.3 Å². The lowest BCUT2D eigenvalue weighted by atomic mass is 10.2. The van der Waals surface area contributed by atoms with Crippen LogP contribution in [-0.4, -0.2) is 21.2 Å². The van der Waals surface area contributed by atoms with Gasteiger partial charge >= 0.3 is 6.09 Å². The number of carbonyl (C=O) groups is 1. The summed E-state index contributed by atoms with van der Waals surface area (Å²) < 4.78 is 21.0. The van der Waals surface area contributed by atoms with E-state index in [0.29, 0.717) is 5.69 Å². The third-order valence-corrected chi connectivity index (χ3v) is 4.40. The number of nitrogens with one attached hydrogen (secondary N) is 1. The summed E-state index contributed by atoms with van der Waals surface area (Å²) in [5.41, 5.74) is -0.861. The number of aromatic nitrogens is 2. The fraction of sp³-hybridized carbons (Fsp3) is 0.286. The monoisotopic (exact) mass is 417 g/mol. The van der Waals surface area contributed by atoms with Crippen LogP contribution >= 0.6 is 11.6 Å². The average molecular weight is 418 g/mol. The lowest BCUT2D eigenvalue weighted by Crippen LogP contribution is -2.37. The maximum absolute atomic E-state index is 14.4. The molecule has 8 heteroatoms. The molecule has 6 nitrogen and oxygen atoms in total. The molecular weight excluding hydrogens is 397 g/mol. The molecule has 3 aromatic rings. The number of hydrogen-bond donors (Lipinski definition) is 1. The van der Waals surface area contributed by atoms with Gasteiger partial charge in [0.05, 0.1) is 22.1 Å². The van der Waals surface area contributed by atoms with Gasteiger partial charge in [-0.2, -0.15) is 0 Å². The molecule has 1 amide bonds. The molecule has 1 aromatic heterocycles. The zero-order valence-corrected chi connectivity index (χ0v) is 17.2. The van der Waals surface area contributed by atoms with Crippen molar-refractivity contribution < 1.29 is 13.9 Å². The van der Waals surface area contributed by atoms with Crippen molar-refractivity contribution in [2.45, 2.75) is 39.3 Å². The number of benzene rings is 2. The van der Waals surface area contributed by atoms with Gasteiger partial charge in [-0.25, -0.2) is 14.2 Å². The van der Waals surface area contributed by atoms with Gasteiger partial charge in [-0.05, 0) is 52.0 Å². The van der Waals surface area contributed by atoms with Crippen LogP contribution in [0.1, 0.15) is 39.6 Å². The molecular formula is C21H21ClFN3O3. The molecule has 2 aromatic carbocycles. The minimum Gasteiger partial charge on any atom is -0.444 e. The van der Waals surface area contributed by atoms with Gasteiger partial charge in [0.25, 0.3) is 5.56 Å². The first-order chi connectivity index (χ1) is 13.6. The van der Waals surface area contributed by atoms with Crippen LogP contribution in [0.4, 0.5) is 9.18 Å². The smallest absolute Gasteiger partial charge is 0.408 e. The molecule has 0 aliphatic rings. The van der Waals surface area contributed by atoms with Gasteiger partial charge in [-0.1, -0.05) is 29.8 Å². The molecule has 0 bridgehead atoms. The predicted octanol–water partition coefficient (Wildman–Crippen LogP) is 4.76. The molecule has 1 atom stereocenters. The summed E-state index contributed by atoms with van der Waals surface area (Å²) in [5.74, 6) is -0.520. The van der Waals surface area contributed by atoms with Crippen LogP contribution in [0.5, 0.6) is 0 Å². The van der Waals surface area contributed by atoms with Crippen LogP contribution in [0, 0.1) is 5.82 Å². The maximum Gasteiger partial charge on any atom is 0.408 e. The third-order valence-electron chi connectivity index (χ3n) is 4.09. The van der Waals surface area contributed by atoms with Crippen molar-refractivity contribution in [3.8, 4) is 5.69 Å². The van der Waals surface area contributed by atoms with Crippen molar-refractivity contribution >= 4 is 28.6 Å². The van der Waals surface area contributed by atoms with Crippen molar-refractivity contribution in [1.29, 1.82) is 0 Å². The van der Waals surface area contributed by atoms with Crippen molar-refractivity contribution in [3.05, 3.63) is 69.5 Å². The maximum atomic E-state index is 14.4. The number of ether oxygens (including phenoxy) is 1. The second-order valence-corrected chi connectivity index (χ2v) is 7.97. The first-order valence-electron chi connectivity index (χ1n) is 9.04. The van der Waals surface area contributed by atoms with E-state index >= 15 is 0 Å². The fourth-order valence-electron chi connectivity index (χ4n) is 2.90. The Balaban J connectivity index is 2.21. The molecule has 0 aliphatic carbocycles. The summed E-state index contributed by atoms with van der Waals surface area (Å²) in [6.45, 7) is 6.85. The Morgan fingerprint density at radius 2 is 1.86 bits per heavy atom. The van der Waals surface area contributed by atoms with Crippen molar-refractivity contribution in [2.75, 3.05) is 0 Å². The lowest BCUT2D eigenvalue weighted by molar-refractivity contribution is 0.0505. The van der Waals surface area contributed by atoms with Crippen LogP contribution in [-0.2, 0) is 4.74 Å². The second kappa shape index (κ2) is 7.83. The molecule has 152 valence electrons. The predicted molar refractivity (Wildman–Crippen MR) is 110 cm³/mol. The number of alkyl carbamates (subject to hydrolysis) is 1. The summed E-state index contributed by atoms with van der Waals surface area (Å²) in [4.78, 5) is 29.8. The highest BCUT2D eigenvalue weighted by Crippen LogP contribution is 2.25. The Kier molecular flexibility index (Phi) is 5.61. The number of fused-ring (bicyclic) bond motifs is 1. The SMILES string of the molecule is CC(NC(=O)OC(C)(C)C)c1nc2c(F)ccc(Cl)c2c(=O)n1-c1ccccc1. The van der Waals surface area contributed by atoms with E-state index < -0.39 is 29.1 Å². The normalized spacial score (nSPS) is 12.6. The standard InChI is InChI=1S/C21H21ClFN3O3/c1-12(24-20(28)29-21(2,3)4)18-25-17-15(23)11-10-14(22)16(17)19(27)26(18)13-8-6-5-7-9-13/h5-12H,1-4H3,(H,24,28). The van der Waals surface area contributed by atoms with Crippen LogP contribution in [0.3, 0.4) is 0 Å². The number of nitrogens with zero attached hydrogens (tertiary/aromatic N) is 2. The minimum absolute atomic E-state index is 0.0243. The van der Waals surface area contributed by atoms with Crippen molar-refractivity contribution in [2.24, 2.45) is 0 Å². The van der Waals surface area contributed by atoms with Gasteiger partial charge < -0.3 is 10.1 Å². The Morgan fingerprint density at radius 1 is 1.21 bits per heavy atom. The van der Waals surface area contributed by atoms with Crippen molar-refractivity contribution in [3.63, 3.8) is 0 Å². The van der Waals surface area contributed by atoms with Crippen LogP contribution < -0.4 is 10.9 Å². The van der Waals surface area contributed by atoms with Gasteiger partial charge in [-0.3, -0.25) is 9.36 Å². The number of halogens is 2. The molecule has 3 rings (SSSR count). The van der Waals surface area contributed by atoms with Gasteiger partial charge in [0.2, 0.25) is 0 Å². The number of para-hydroxylation sites is 1. The summed E-state index contributed by atoms with van der Waals surface area (Å²) in [5, 5.41) is 2.73. The Bertz CT molecular complexity index is 1120. The van der Waals surface area contributed by atoms with Crippen LogP contribution in [0.25, 0.3) is 16.6 Å². The van der Waals surface area contributed by atoms with E-state index in [1.165, 1.54) is 10.6 Å². The summed E-state index contributed by atoms with van der Waals surface area (Å²) in [6.07, 6.45) is -0.675. The van der Waals surface area contributed by atoms with E-state index in [1.807, 2.05) is 0 Å². The highest BCUT2D eigenvalue weighted by atomic mass is 35.5. The highest BCUT2D eigenvalue weighted by molar-refractivity contribution is 6.35. The van der Waals surface area contributed by atoms with Gasteiger partial charge in [0, 0.05) is 0 Å². The molecule has 0 saturated heterocycles. The van der Waals surface area contributed by atoms with E-state index in [2.05, 4.69) is 10.3 Å². The number of rotatable bonds is 3. The molecule has 0 fully saturated rings. The van der Waals surface area contributed by atoms with Crippen molar-refractivity contribution in [1.82, 2.24) is 14.9 Å². The minimum atomic E-state index is -0.750. The molecule has 1 heterocycles. The molecule has 0 spiro atoms. The van der Waals surface area contributed by atoms with E-state index in [4.69, 9.17) is 16.3 Å². The van der Waals surface area contributed by atoms with E-state index in [9.17, 15) is 14.0 Å². The molecule has 0 saturated carbocycles. The Labute approximate surface area is 172 Å². The quantitative estimate of drug-likeness (QED) is 0.666. The molecule has 1 N–H and O–H groups in total. The lowest BCUT2D eigenvalue weighted by Gasteiger charge is -2.23.